The maximum absolute atomic E-state index is 4.32. The topological polar surface area (TPSA) is 17.8 Å². The minimum atomic E-state index is 1.14. The summed E-state index contributed by atoms with van der Waals surface area (Å²) >= 11 is 0. The quantitative estimate of drug-likeness (QED) is 0.181. The van der Waals surface area contributed by atoms with Crippen LogP contribution in [-0.4, -0.2) is 9.55 Å². The molecule has 0 bridgehead atoms. The Morgan fingerprint density at radius 2 is 0.958 bits per heavy atom. The van der Waals surface area contributed by atoms with Crippen molar-refractivity contribution in [3.63, 3.8) is 0 Å². The number of hydrogen-bond donors (Lipinski definition) is 0. The highest BCUT2D eigenvalue weighted by atomic mass is 15.0. The molecule has 8 aromatic carbocycles. The number of aryl methyl sites for hydroxylation is 1. The van der Waals surface area contributed by atoms with Gasteiger partial charge in [0.25, 0.3) is 0 Å². The van der Waals surface area contributed by atoms with Gasteiger partial charge >= 0.3 is 0 Å². The van der Waals surface area contributed by atoms with E-state index < -0.39 is 0 Å². The van der Waals surface area contributed by atoms with Crippen LogP contribution in [0.3, 0.4) is 0 Å². The summed E-state index contributed by atoms with van der Waals surface area (Å²) in [5.74, 6) is 0. The summed E-state index contributed by atoms with van der Waals surface area (Å²) in [6.07, 6.45) is 3.76. The first-order valence-electron chi connectivity index (χ1n) is 16.5. The molecule has 0 unspecified atom stereocenters. The number of hydrogen-bond acceptors (Lipinski definition) is 1. The second kappa shape index (κ2) is 10.4. The number of aromatic nitrogens is 2. The minimum Gasteiger partial charge on any atom is -0.309 e. The average molecular weight is 611 g/mol. The Morgan fingerprint density at radius 3 is 1.58 bits per heavy atom. The summed E-state index contributed by atoms with van der Waals surface area (Å²) in [4.78, 5) is 4.32. The van der Waals surface area contributed by atoms with E-state index >= 15 is 0 Å². The predicted octanol–water partition coefficient (Wildman–Crippen LogP) is 12.4. The van der Waals surface area contributed by atoms with Crippen molar-refractivity contribution in [2.45, 2.75) is 6.92 Å². The van der Waals surface area contributed by atoms with Crippen LogP contribution < -0.4 is 0 Å². The molecule has 224 valence electrons. The second-order valence-electron chi connectivity index (χ2n) is 12.9. The molecule has 2 nitrogen and oxygen atoms in total. The number of benzene rings is 8. The van der Waals surface area contributed by atoms with Crippen LogP contribution in [0.25, 0.3) is 93.2 Å². The molecule has 0 fully saturated rings. The van der Waals surface area contributed by atoms with Crippen molar-refractivity contribution >= 4 is 54.1 Å². The maximum Gasteiger partial charge on any atom is 0.0541 e. The Balaban J connectivity index is 1.27. The first-order chi connectivity index (χ1) is 23.7. The van der Waals surface area contributed by atoms with Gasteiger partial charge in [0.15, 0.2) is 0 Å². The van der Waals surface area contributed by atoms with Gasteiger partial charge in [-0.1, -0.05) is 115 Å². The summed E-state index contributed by atoms with van der Waals surface area (Å²) in [6, 6.07) is 56.0. The Morgan fingerprint density at radius 1 is 0.417 bits per heavy atom. The molecule has 48 heavy (non-hydrogen) atoms. The lowest BCUT2D eigenvalue weighted by molar-refractivity contribution is 1.18. The van der Waals surface area contributed by atoms with E-state index in [2.05, 4.69) is 168 Å². The van der Waals surface area contributed by atoms with Crippen LogP contribution in [0.15, 0.2) is 164 Å². The molecular weight excluding hydrogens is 581 g/mol. The Hall–Kier alpha value is -6.25. The Labute approximate surface area is 278 Å². The second-order valence-corrected chi connectivity index (χ2v) is 12.9. The smallest absolute Gasteiger partial charge is 0.0541 e. The average Bonchev–Trinajstić information content (AvgIpc) is 3.49. The molecule has 0 amide bonds. The van der Waals surface area contributed by atoms with Gasteiger partial charge in [0.2, 0.25) is 0 Å². The van der Waals surface area contributed by atoms with E-state index in [4.69, 9.17) is 0 Å². The molecule has 0 N–H and O–H groups in total. The molecule has 0 aliphatic carbocycles. The molecule has 10 rings (SSSR count). The van der Waals surface area contributed by atoms with Crippen molar-refractivity contribution in [1.82, 2.24) is 9.55 Å². The molecule has 0 radical (unpaired) electrons. The third-order valence-corrected chi connectivity index (χ3v) is 10.1. The first-order valence-corrected chi connectivity index (χ1v) is 16.5. The lowest BCUT2D eigenvalue weighted by Crippen LogP contribution is -1.96. The van der Waals surface area contributed by atoms with Crippen LogP contribution in [0.5, 0.6) is 0 Å². The number of para-hydroxylation sites is 2. The molecule has 2 aromatic heterocycles. The van der Waals surface area contributed by atoms with Gasteiger partial charge in [-0.25, -0.2) is 0 Å². The molecule has 0 saturated carbocycles. The van der Waals surface area contributed by atoms with Crippen LogP contribution >= 0.6 is 0 Å². The SMILES string of the molecule is Cc1ccc(-c2ccc3ccc4c(-c5cc(-c6ccncc6)cc(-n6c7ccccc7c7ccccc76)c5)ccc5ccc2c3c54)cc1. The van der Waals surface area contributed by atoms with Crippen molar-refractivity contribution in [3.8, 4) is 39.1 Å². The van der Waals surface area contributed by atoms with Crippen molar-refractivity contribution < 1.29 is 0 Å². The predicted molar refractivity (Wildman–Crippen MR) is 203 cm³/mol. The lowest BCUT2D eigenvalue weighted by Gasteiger charge is -2.18. The molecule has 2 heteroatoms. The Kier molecular flexibility index (Phi) is 5.82. The zero-order chi connectivity index (χ0) is 31.8. The summed E-state index contributed by atoms with van der Waals surface area (Å²) in [7, 11) is 0. The molecular formula is C46H30N2. The van der Waals surface area contributed by atoms with E-state index in [1.807, 2.05) is 12.4 Å². The van der Waals surface area contributed by atoms with Crippen molar-refractivity contribution in [1.29, 1.82) is 0 Å². The molecule has 10 aromatic rings. The fourth-order valence-electron chi connectivity index (χ4n) is 7.85. The van der Waals surface area contributed by atoms with E-state index in [1.54, 1.807) is 0 Å². The number of fused-ring (bicyclic) bond motifs is 3. The van der Waals surface area contributed by atoms with Crippen LogP contribution in [0.4, 0.5) is 0 Å². The van der Waals surface area contributed by atoms with Crippen LogP contribution in [0.1, 0.15) is 5.56 Å². The van der Waals surface area contributed by atoms with Gasteiger partial charge in [-0.05, 0) is 115 Å². The van der Waals surface area contributed by atoms with Crippen molar-refractivity contribution in [2.24, 2.45) is 0 Å². The maximum atomic E-state index is 4.32. The summed E-state index contributed by atoms with van der Waals surface area (Å²) in [5.41, 5.74) is 12.1. The van der Waals surface area contributed by atoms with E-state index in [-0.39, 0.29) is 0 Å². The third kappa shape index (κ3) is 4.03. The molecule has 0 aliphatic rings. The van der Waals surface area contributed by atoms with Crippen LogP contribution in [0.2, 0.25) is 0 Å². The van der Waals surface area contributed by atoms with Gasteiger partial charge in [0.1, 0.15) is 0 Å². The highest BCUT2D eigenvalue weighted by Gasteiger charge is 2.18. The van der Waals surface area contributed by atoms with Crippen molar-refractivity contribution in [3.05, 3.63) is 170 Å². The monoisotopic (exact) mass is 610 g/mol. The summed E-state index contributed by atoms with van der Waals surface area (Å²) in [6.45, 7) is 2.14. The van der Waals surface area contributed by atoms with E-state index in [0.717, 1.165) is 11.3 Å². The van der Waals surface area contributed by atoms with Crippen LogP contribution in [0, 0.1) is 6.92 Å². The zero-order valence-electron chi connectivity index (χ0n) is 26.5. The van der Waals surface area contributed by atoms with Gasteiger partial charge in [-0.3, -0.25) is 4.98 Å². The summed E-state index contributed by atoms with van der Waals surface area (Å²) in [5, 5.41) is 10.3. The fraction of sp³-hybridized carbons (Fsp3) is 0.0217. The molecule has 0 spiro atoms. The normalized spacial score (nSPS) is 11.9. The van der Waals surface area contributed by atoms with E-state index in [0.29, 0.717) is 0 Å². The van der Waals surface area contributed by atoms with E-state index in [9.17, 15) is 0 Å². The standard InChI is InChI=1S/C46H30N2/c1-29-10-12-31(13-11-29)37-18-14-32-17-21-42-38(19-15-33-16-20-41(37)45(32)46(33)42)35-26-34(30-22-24-47-25-23-30)27-36(28-35)48-43-8-4-2-6-39(43)40-7-3-5-9-44(40)48/h2-28H,1H3. The number of pyridine rings is 1. The molecule has 0 aliphatic heterocycles. The highest BCUT2D eigenvalue weighted by Crippen LogP contribution is 2.44. The lowest BCUT2D eigenvalue weighted by atomic mass is 9.86. The van der Waals surface area contributed by atoms with Gasteiger partial charge in [0, 0.05) is 28.9 Å². The van der Waals surface area contributed by atoms with Gasteiger partial charge < -0.3 is 4.57 Å². The molecule has 2 heterocycles. The van der Waals surface area contributed by atoms with Gasteiger partial charge in [-0.15, -0.1) is 0 Å². The Bertz CT molecular complexity index is 2770. The largest absolute Gasteiger partial charge is 0.309 e. The first kappa shape index (κ1) is 26.9. The number of rotatable bonds is 4. The van der Waals surface area contributed by atoms with Gasteiger partial charge in [-0.2, -0.15) is 0 Å². The molecule has 0 saturated heterocycles. The fourth-order valence-corrected chi connectivity index (χ4v) is 7.85. The van der Waals surface area contributed by atoms with Crippen LogP contribution in [-0.2, 0) is 0 Å². The van der Waals surface area contributed by atoms with Crippen molar-refractivity contribution in [2.75, 3.05) is 0 Å². The highest BCUT2D eigenvalue weighted by molar-refractivity contribution is 6.27. The van der Waals surface area contributed by atoms with Gasteiger partial charge in [0.05, 0.1) is 11.0 Å². The summed E-state index contributed by atoms with van der Waals surface area (Å²) < 4.78 is 2.42. The third-order valence-electron chi connectivity index (χ3n) is 10.1. The zero-order valence-corrected chi connectivity index (χ0v) is 26.5. The molecule has 0 atom stereocenters. The van der Waals surface area contributed by atoms with E-state index in [1.165, 1.54) is 87.5 Å². The minimum absolute atomic E-state index is 1.14. The number of nitrogens with zero attached hydrogens (tertiary/aromatic N) is 2.